The van der Waals surface area contributed by atoms with E-state index < -0.39 is 0 Å². The zero-order valence-corrected chi connectivity index (χ0v) is 16.4. The molecule has 0 spiro atoms. The number of aromatic nitrogens is 2. The third-order valence-corrected chi connectivity index (χ3v) is 5.17. The average Bonchev–Trinajstić information content (AvgIpc) is 3.03. The van der Waals surface area contributed by atoms with E-state index in [1.165, 1.54) is 17.5 Å². The molecule has 3 rings (SSSR count). The summed E-state index contributed by atoms with van der Waals surface area (Å²) >= 11 is 0. The fraction of sp³-hybridized carbons (Fsp3) is 0.545. The molecule has 0 aliphatic heterocycles. The molecule has 0 bridgehead atoms. The topological polar surface area (TPSA) is 44.1 Å². The van der Waals surface area contributed by atoms with Crippen LogP contribution in [0.2, 0.25) is 0 Å². The van der Waals surface area contributed by atoms with Gasteiger partial charge in [0.2, 0.25) is 0 Å². The third kappa shape index (κ3) is 4.00. The van der Waals surface area contributed by atoms with Crippen molar-refractivity contribution in [1.29, 1.82) is 0 Å². The van der Waals surface area contributed by atoms with Crippen LogP contribution in [0.4, 0.5) is 0 Å². The molecule has 1 unspecified atom stereocenters. The lowest BCUT2D eigenvalue weighted by atomic mass is 9.84. The summed E-state index contributed by atoms with van der Waals surface area (Å²) in [7, 11) is 0. The van der Waals surface area contributed by atoms with E-state index in [1.54, 1.807) is 6.20 Å². The van der Waals surface area contributed by atoms with Gasteiger partial charge in [0, 0.05) is 30.4 Å². The van der Waals surface area contributed by atoms with Crippen molar-refractivity contribution in [2.24, 2.45) is 11.8 Å². The summed E-state index contributed by atoms with van der Waals surface area (Å²) in [5.74, 6) is 2.57. The molecule has 26 heavy (non-hydrogen) atoms. The van der Waals surface area contributed by atoms with Gasteiger partial charge >= 0.3 is 0 Å². The van der Waals surface area contributed by atoms with Crippen molar-refractivity contribution in [3.8, 4) is 5.75 Å². The van der Waals surface area contributed by atoms with Crippen molar-refractivity contribution >= 4 is 5.78 Å². The van der Waals surface area contributed by atoms with Crippen LogP contribution < -0.4 is 4.74 Å². The Morgan fingerprint density at radius 1 is 1.19 bits per heavy atom. The first-order valence-electron chi connectivity index (χ1n) is 9.77. The molecule has 1 aliphatic rings. The molecule has 4 nitrogen and oxygen atoms in total. The van der Waals surface area contributed by atoms with Crippen LogP contribution in [0.3, 0.4) is 0 Å². The Labute approximate surface area is 156 Å². The zero-order chi connectivity index (χ0) is 18.7. The number of carbonyl (C=O) groups is 1. The van der Waals surface area contributed by atoms with Gasteiger partial charge in [-0.15, -0.1) is 0 Å². The highest BCUT2D eigenvalue weighted by Crippen LogP contribution is 2.33. The maximum atomic E-state index is 13.2. The molecule has 140 valence electrons. The number of aryl methyl sites for hydroxylation is 1. The molecule has 1 aromatic carbocycles. The van der Waals surface area contributed by atoms with E-state index in [1.807, 2.05) is 32.2 Å². The SMILES string of the molecule is Cc1nccn1CC(C)C(=O)c1ccc(OCC(C)C)c2c1CCCC2. The Bertz CT molecular complexity index is 776. The lowest BCUT2D eigenvalue weighted by molar-refractivity contribution is 0.0916. The second-order valence-corrected chi connectivity index (χ2v) is 7.87. The normalized spacial score (nSPS) is 15.0. The Hall–Kier alpha value is -2.10. The zero-order valence-electron chi connectivity index (χ0n) is 16.4. The standard InChI is InChI=1S/C22H30N2O2/c1-15(2)14-26-21-10-9-20(18-7-5-6-8-19(18)21)22(25)16(3)13-24-12-11-23-17(24)4/h9-12,15-16H,5-8,13-14H2,1-4H3. The minimum atomic E-state index is -0.0728. The molecule has 0 saturated carbocycles. The summed E-state index contributed by atoms with van der Waals surface area (Å²) < 4.78 is 8.09. The number of Topliss-reactive ketones (excluding diaryl/α,β-unsaturated/α-hetero) is 1. The summed E-state index contributed by atoms with van der Waals surface area (Å²) in [6.45, 7) is 9.69. The van der Waals surface area contributed by atoms with E-state index in [-0.39, 0.29) is 11.7 Å². The van der Waals surface area contributed by atoms with Gasteiger partial charge in [-0.1, -0.05) is 20.8 Å². The van der Waals surface area contributed by atoms with Gasteiger partial charge < -0.3 is 9.30 Å². The van der Waals surface area contributed by atoms with Crippen molar-refractivity contribution in [2.45, 2.75) is 59.9 Å². The maximum absolute atomic E-state index is 13.2. The molecule has 1 aromatic heterocycles. The first-order valence-corrected chi connectivity index (χ1v) is 9.77. The van der Waals surface area contributed by atoms with Crippen LogP contribution >= 0.6 is 0 Å². The second-order valence-electron chi connectivity index (χ2n) is 7.87. The van der Waals surface area contributed by atoms with Crippen LogP contribution in [0.1, 0.15) is 60.9 Å². The van der Waals surface area contributed by atoms with E-state index in [0.717, 1.165) is 43.0 Å². The molecular weight excluding hydrogens is 324 g/mol. The number of ketones is 1. The molecule has 0 radical (unpaired) electrons. The van der Waals surface area contributed by atoms with E-state index in [0.29, 0.717) is 12.5 Å². The number of hydrogen-bond acceptors (Lipinski definition) is 3. The first kappa shape index (κ1) is 18.7. The number of benzene rings is 1. The van der Waals surface area contributed by atoms with Crippen molar-refractivity contribution < 1.29 is 9.53 Å². The third-order valence-electron chi connectivity index (χ3n) is 5.17. The number of rotatable bonds is 7. The predicted molar refractivity (Wildman–Crippen MR) is 104 cm³/mol. The van der Waals surface area contributed by atoms with E-state index >= 15 is 0 Å². The monoisotopic (exact) mass is 354 g/mol. The summed E-state index contributed by atoms with van der Waals surface area (Å²) in [5.41, 5.74) is 3.37. The van der Waals surface area contributed by atoms with Gasteiger partial charge in [-0.2, -0.15) is 0 Å². The van der Waals surface area contributed by atoms with Crippen LogP contribution in [0.5, 0.6) is 5.75 Å². The van der Waals surface area contributed by atoms with Crippen molar-refractivity contribution in [2.75, 3.05) is 6.61 Å². The Morgan fingerprint density at radius 2 is 1.92 bits per heavy atom. The van der Waals surface area contributed by atoms with Crippen LogP contribution in [0.25, 0.3) is 0 Å². The van der Waals surface area contributed by atoms with Crippen molar-refractivity contribution in [1.82, 2.24) is 9.55 Å². The summed E-state index contributed by atoms with van der Waals surface area (Å²) in [5, 5.41) is 0. The number of carbonyl (C=O) groups excluding carboxylic acids is 1. The minimum absolute atomic E-state index is 0.0728. The minimum Gasteiger partial charge on any atom is -0.493 e. The molecule has 0 fully saturated rings. The molecular formula is C22H30N2O2. The van der Waals surface area contributed by atoms with Gasteiger partial charge in [-0.25, -0.2) is 4.98 Å². The summed E-state index contributed by atoms with van der Waals surface area (Å²) in [6, 6.07) is 3.99. The van der Waals surface area contributed by atoms with E-state index in [2.05, 4.69) is 23.4 Å². The highest BCUT2D eigenvalue weighted by Gasteiger charge is 2.24. The van der Waals surface area contributed by atoms with Crippen LogP contribution in [-0.4, -0.2) is 21.9 Å². The average molecular weight is 354 g/mol. The molecule has 0 saturated heterocycles. The number of nitrogens with zero attached hydrogens (tertiary/aromatic N) is 2. The van der Waals surface area contributed by atoms with Gasteiger partial charge in [0.05, 0.1) is 6.61 Å². The fourth-order valence-corrected chi connectivity index (χ4v) is 3.70. The van der Waals surface area contributed by atoms with E-state index in [9.17, 15) is 4.79 Å². The highest BCUT2D eigenvalue weighted by molar-refractivity contribution is 5.99. The Morgan fingerprint density at radius 3 is 2.58 bits per heavy atom. The summed E-state index contributed by atoms with van der Waals surface area (Å²) in [6.07, 6.45) is 8.04. The largest absolute Gasteiger partial charge is 0.493 e. The highest BCUT2D eigenvalue weighted by atomic mass is 16.5. The van der Waals surface area contributed by atoms with Gasteiger partial charge in [0.25, 0.3) is 0 Å². The lowest BCUT2D eigenvalue weighted by Gasteiger charge is -2.24. The number of ether oxygens (including phenoxy) is 1. The molecule has 1 aliphatic carbocycles. The second kappa shape index (κ2) is 8.07. The molecule has 4 heteroatoms. The van der Waals surface area contributed by atoms with Gasteiger partial charge in [0.15, 0.2) is 5.78 Å². The predicted octanol–water partition coefficient (Wildman–Crippen LogP) is 4.62. The number of imidazole rings is 1. The van der Waals surface area contributed by atoms with Gasteiger partial charge in [-0.3, -0.25) is 4.79 Å². The van der Waals surface area contributed by atoms with Crippen molar-refractivity contribution in [3.05, 3.63) is 47.0 Å². The number of fused-ring (bicyclic) bond motifs is 1. The molecule has 0 N–H and O–H groups in total. The first-order chi connectivity index (χ1) is 12.5. The Kier molecular flexibility index (Phi) is 5.80. The lowest BCUT2D eigenvalue weighted by Crippen LogP contribution is -2.21. The maximum Gasteiger partial charge on any atom is 0.167 e. The smallest absolute Gasteiger partial charge is 0.167 e. The quantitative estimate of drug-likeness (QED) is 0.681. The van der Waals surface area contributed by atoms with Crippen molar-refractivity contribution in [3.63, 3.8) is 0 Å². The van der Waals surface area contributed by atoms with Crippen LogP contribution in [-0.2, 0) is 19.4 Å². The molecule has 2 aromatic rings. The van der Waals surface area contributed by atoms with Crippen LogP contribution in [0, 0.1) is 18.8 Å². The van der Waals surface area contributed by atoms with Crippen LogP contribution in [0.15, 0.2) is 24.5 Å². The van der Waals surface area contributed by atoms with Gasteiger partial charge in [0.1, 0.15) is 11.6 Å². The Balaban J connectivity index is 1.84. The number of hydrogen-bond donors (Lipinski definition) is 0. The molecule has 1 atom stereocenters. The summed E-state index contributed by atoms with van der Waals surface area (Å²) in [4.78, 5) is 17.4. The fourth-order valence-electron chi connectivity index (χ4n) is 3.70. The van der Waals surface area contributed by atoms with Gasteiger partial charge in [-0.05, 0) is 61.8 Å². The molecule has 0 amide bonds. The molecule has 1 heterocycles. The van der Waals surface area contributed by atoms with E-state index in [4.69, 9.17) is 4.74 Å².